The van der Waals surface area contributed by atoms with E-state index in [1.165, 1.54) is 9.36 Å². The van der Waals surface area contributed by atoms with E-state index in [4.69, 9.17) is 91.2 Å². The molecule has 0 fully saturated rings. The number of carbonyl (C=O) groups excluding carboxylic acids is 1. The number of anilines is 4. The SMILES string of the molecule is C.Cc1cc(N)n(-c2nc(-n3nc(C)cc3N)[nH]c(=O)n2)n1.Cl.Cl.Clc1nc(Cl)nc(Cl)n1.NN.NNc1nc([O-])nc(NN)n1.O.O=CO[O-].[Na+].[Na+].[Na+].[O-]c1nc(Cl)nc(Cl)n1. The van der Waals surface area contributed by atoms with Gasteiger partial charge in [-0.2, -0.15) is 54.4 Å². The first kappa shape index (κ1) is 74.7. The number of nitrogens with two attached hydrogens (primary N) is 6. The third-order valence-electron chi connectivity index (χ3n) is 4.76. The number of nitrogens with one attached hydrogen (secondary N) is 3. The zero-order valence-electron chi connectivity index (χ0n) is 32.1. The van der Waals surface area contributed by atoms with Crippen molar-refractivity contribution < 1.29 is 119 Å². The van der Waals surface area contributed by atoms with Gasteiger partial charge in [-0.3, -0.25) is 32.3 Å². The molecule has 0 aliphatic heterocycles. The second kappa shape index (κ2) is 39.7. The van der Waals surface area contributed by atoms with Crippen molar-refractivity contribution in [3.05, 3.63) is 60.4 Å². The van der Waals surface area contributed by atoms with Crippen LogP contribution in [0, 0.1) is 13.8 Å². The van der Waals surface area contributed by atoms with E-state index in [1.807, 2.05) is 0 Å². The maximum Gasteiger partial charge on any atom is 1.00 e. The number of hydrazine groups is 3. The molecular weight excluding hydrogens is 1030 g/mol. The summed E-state index contributed by atoms with van der Waals surface area (Å²) in [7, 11) is 0. The maximum atomic E-state index is 11.7. The molecule has 17 N–H and O–H groups in total. The number of halogens is 7. The van der Waals surface area contributed by atoms with Gasteiger partial charge >= 0.3 is 94.4 Å². The van der Waals surface area contributed by atoms with E-state index in [2.05, 4.69) is 97.4 Å². The van der Waals surface area contributed by atoms with Gasteiger partial charge in [0.2, 0.25) is 44.3 Å². The molecule has 6 aromatic heterocycles. The standard InChI is InChI=1S/C11H13N9O.C3Cl3N3.C3HCl2N3O.C3H7N7O.CH2O3.CH4.2ClH.H4N2.3Na.H2O/c1-5-3-7(12)19(17-5)9-14-10(16-11(21)15-9)20-8(13)4-6(2)18-20;4-1-7-2(5)9-3(6)8-1;4-1-6-2(5)8-3(9)7-1;4-9-1-6-2(10-5)8-3(11)7-1;2-1-4-3;;;;1-2;;;;/h3-4H,12-13H2,1-2H3,(H,14,15,16,21);;(H,6,7,8,9);4-5H2,(H3,6,7,8,9,10,11);1,3H;1H4;2*1H;1-2H2;;;;1H2/q;;;;;;;;;3*+1;/p-3. The summed E-state index contributed by atoms with van der Waals surface area (Å²) in [6.07, 6.45) is 0. The quantitative estimate of drug-likeness (QED) is 0.0254. The third kappa shape index (κ3) is 28.8. The van der Waals surface area contributed by atoms with Crippen LogP contribution >= 0.6 is 82.8 Å². The molecule has 31 nitrogen and oxygen atoms in total. The Labute approximate surface area is 457 Å². The molecule has 0 unspecified atom stereocenters. The number of rotatable bonds is 5. The van der Waals surface area contributed by atoms with Gasteiger partial charge < -0.3 is 37.3 Å². The van der Waals surface area contributed by atoms with E-state index >= 15 is 0 Å². The van der Waals surface area contributed by atoms with Crippen molar-refractivity contribution >= 4 is 113 Å². The first-order valence-electron chi connectivity index (χ1n) is 13.5. The Morgan fingerprint density at radius 2 is 1.00 bits per heavy atom. The van der Waals surface area contributed by atoms with Crippen LogP contribution in [0.25, 0.3) is 11.9 Å². The Kier molecular flexibility index (Phi) is 47.0. The molecule has 63 heavy (non-hydrogen) atoms. The van der Waals surface area contributed by atoms with E-state index in [1.54, 1.807) is 26.0 Å². The summed E-state index contributed by atoms with van der Waals surface area (Å²) in [6.45, 7) is 3.37. The zero-order chi connectivity index (χ0) is 42.5. The van der Waals surface area contributed by atoms with Crippen molar-refractivity contribution in [2.45, 2.75) is 21.3 Å². The molecule has 334 valence electrons. The molecule has 41 heteroatoms. The fraction of sp³-hybridized carbons (Fsp3) is 0.136. The summed E-state index contributed by atoms with van der Waals surface area (Å²) < 4.78 is 2.59. The topological polar surface area (TPSA) is 517 Å². The zero-order valence-corrected chi connectivity index (χ0v) is 43.5. The van der Waals surface area contributed by atoms with Gasteiger partial charge in [-0.05, 0) is 71.9 Å². The predicted octanol–water partition coefficient (Wildman–Crippen LogP) is -12.2. The number of aryl methyl sites for hydroxylation is 2. The Hall–Kier alpha value is -2.68. The van der Waals surface area contributed by atoms with Gasteiger partial charge in [0.15, 0.2) is 0 Å². The molecule has 6 rings (SSSR count). The van der Waals surface area contributed by atoms with E-state index < -0.39 is 17.7 Å². The Bertz CT molecular complexity index is 2000. The largest absolute Gasteiger partial charge is 1.00 e. The molecule has 0 amide bonds. The summed E-state index contributed by atoms with van der Waals surface area (Å²) >= 11 is 26.4. The van der Waals surface area contributed by atoms with Crippen LogP contribution in [0.15, 0.2) is 16.9 Å². The normalized spacial score (nSPS) is 8.44. The average Bonchev–Trinajstić information content (AvgIpc) is 3.66. The molecule has 0 spiro atoms. The first-order valence-corrected chi connectivity index (χ1v) is 15.4. The van der Waals surface area contributed by atoms with Gasteiger partial charge in [0.05, 0.1) is 23.4 Å². The summed E-state index contributed by atoms with van der Waals surface area (Å²) in [5, 5.41) is 37.2. The number of nitrogens with zero attached hydrogens (tertiary/aromatic N) is 15. The summed E-state index contributed by atoms with van der Waals surface area (Å²) in [5.74, 6) is 18.7. The fourth-order valence-electron chi connectivity index (χ4n) is 3.02. The Morgan fingerprint density at radius 3 is 1.30 bits per heavy atom. The minimum absolute atomic E-state index is 0. The monoisotopic (exact) mass is 1060 g/mol. The second-order valence-corrected chi connectivity index (χ2v) is 10.3. The first-order chi connectivity index (χ1) is 26.5. The van der Waals surface area contributed by atoms with E-state index in [0.29, 0.717) is 23.0 Å². The Balaban J connectivity index is -0.000000130. The van der Waals surface area contributed by atoms with Crippen LogP contribution in [0.2, 0.25) is 26.4 Å². The van der Waals surface area contributed by atoms with Gasteiger partial charge in [0.25, 0.3) is 12.4 Å². The molecule has 0 aromatic carbocycles. The third-order valence-corrected chi connectivity index (χ3v) is 5.61. The van der Waals surface area contributed by atoms with E-state index in [-0.39, 0.29) is 183 Å². The molecule has 0 aliphatic carbocycles. The van der Waals surface area contributed by atoms with Gasteiger partial charge in [-0.1, -0.05) is 7.43 Å². The number of aromatic amines is 1. The number of hydrogen-bond donors (Lipinski definition) is 9. The number of hydrogen-bond acceptors (Lipinski definition) is 27. The molecular formula is C22H32Cl7N24Na3O7. The van der Waals surface area contributed by atoms with Crippen LogP contribution in [-0.4, -0.2) is 91.3 Å². The molecule has 6 aromatic rings. The summed E-state index contributed by atoms with van der Waals surface area (Å²) in [6, 6.07) is 1.88. The molecule has 6 heterocycles. The fourth-order valence-corrected chi connectivity index (χ4v) is 3.98. The summed E-state index contributed by atoms with van der Waals surface area (Å²) in [5.41, 5.74) is 16.6. The van der Waals surface area contributed by atoms with Crippen molar-refractivity contribution in [3.63, 3.8) is 0 Å². The Morgan fingerprint density at radius 1 is 0.667 bits per heavy atom. The molecule has 0 bridgehead atoms. The van der Waals surface area contributed by atoms with Crippen molar-refractivity contribution in [3.8, 4) is 23.9 Å². The van der Waals surface area contributed by atoms with Crippen LogP contribution in [-0.2, 0) is 9.68 Å². The van der Waals surface area contributed by atoms with Crippen LogP contribution < -0.4 is 156 Å². The average molecular weight is 1060 g/mol. The van der Waals surface area contributed by atoms with Crippen LogP contribution in [0.3, 0.4) is 0 Å². The van der Waals surface area contributed by atoms with Crippen molar-refractivity contribution in [1.82, 2.24) is 79.4 Å². The molecule has 0 atom stereocenters. The van der Waals surface area contributed by atoms with Crippen LogP contribution in [0.4, 0.5) is 23.5 Å². The molecule has 0 radical (unpaired) electrons. The van der Waals surface area contributed by atoms with E-state index in [0.717, 1.165) is 0 Å². The molecule has 0 aliphatic rings. The molecule has 0 saturated carbocycles. The number of nitrogen functional groups attached to an aromatic ring is 4. The van der Waals surface area contributed by atoms with Gasteiger partial charge in [-0.25, -0.2) is 36.4 Å². The van der Waals surface area contributed by atoms with Crippen molar-refractivity contribution in [2.75, 3.05) is 22.3 Å². The number of aromatic nitrogens is 16. The minimum Gasteiger partial charge on any atom is -0.844 e. The van der Waals surface area contributed by atoms with Gasteiger partial charge in [0, 0.05) is 12.1 Å². The predicted molar refractivity (Wildman–Crippen MR) is 215 cm³/mol. The van der Waals surface area contributed by atoms with Crippen LogP contribution in [0.1, 0.15) is 18.8 Å². The van der Waals surface area contributed by atoms with Gasteiger partial charge in [0.1, 0.15) is 11.6 Å². The second-order valence-electron chi connectivity index (χ2n) is 8.57. The van der Waals surface area contributed by atoms with Crippen molar-refractivity contribution in [1.29, 1.82) is 0 Å². The van der Waals surface area contributed by atoms with Gasteiger partial charge in [-0.15, -0.1) is 24.8 Å². The number of H-pyrrole nitrogens is 1. The minimum atomic E-state index is -0.722. The maximum absolute atomic E-state index is 11.7. The van der Waals surface area contributed by atoms with Crippen LogP contribution in [0.5, 0.6) is 12.0 Å². The summed E-state index contributed by atoms with van der Waals surface area (Å²) in [4.78, 5) is 63.6. The smallest absolute Gasteiger partial charge is 0.844 e. The van der Waals surface area contributed by atoms with E-state index in [9.17, 15) is 15.0 Å². The molecule has 0 saturated heterocycles. The van der Waals surface area contributed by atoms with Crippen molar-refractivity contribution in [2.24, 2.45) is 23.4 Å². The number of carbonyl (C=O) groups is 1.